The number of hydrogen-bond donors (Lipinski definition) is 1. The molecular weight excluding hydrogens is 392 g/mol. The fourth-order valence-corrected chi connectivity index (χ4v) is 4.19. The molecule has 0 aromatic carbocycles. The van der Waals surface area contributed by atoms with Gasteiger partial charge in [-0.05, 0) is 44.9 Å². The fourth-order valence-electron chi connectivity index (χ4n) is 4.19. The minimum Gasteiger partial charge on any atom is -0.481 e. The molecule has 0 radical (unpaired) electrons. The molecular formula is C30H56O2. The standard InChI is InChI=1S/C30H56O2/c1-2-3-4-5-6-7-8-9-10-11-12-13-14-15-16-17-18-19-20-21-22-23-24-25-26-27-28-29-30(31)32/h13-14,17-18H,2-12,15-16,19-29H2,1H3,(H,31,32)/b14-13-,18-17-. The third-order valence-corrected chi connectivity index (χ3v) is 6.32. The van der Waals surface area contributed by atoms with Gasteiger partial charge in [-0.3, -0.25) is 4.79 Å². The van der Waals surface area contributed by atoms with Crippen LogP contribution in [0.5, 0.6) is 0 Å². The van der Waals surface area contributed by atoms with E-state index < -0.39 is 5.97 Å². The lowest BCUT2D eigenvalue weighted by molar-refractivity contribution is -0.137. The maximum absolute atomic E-state index is 10.4. The highest BCUT2D eigenvalue weighted by atomic mass is 16.4. The van der Waals surface area contributed by atoms with Crippen LogP contribution in [-0.4, -0.2) is 11.1 Å². The second-order valence-corrected chi connectivity index (χ2v) is 9.61. The molecule has 0 aliphatic heterocycles. The van der Waals surface area contributed by atoms with E-state index in [-0.39, 0.29) is 0 Å². The van der Waals surface area contributed by atoms with Gasteiger partial charge in [-0.15, -0.1) is 0 Å². The predicted octanol–water partition coefficient (Wildman–Crippen LogP) is 10.6. The zero-order valence-corrected chi connectivity index (χ0v) is 21.6. The Hall–Kier alpha value is -1.05. The summed E-state index contributed by atoms with van der Waals surface area (Å²) in [5, 5.41) is 8.60. The molecule has 0 bridgehead atoms. The van der Waals surface area contributed by atoms with Gasteiger partial charge < -0.3 is 5.11 Å². The maximum Gasteiger partial charge on any atom is 0.303 e. The zero-order valence-electron chi connectivity index (χ0n) is 21.6. The quantitative estimate of drug-likeness (QED) is 0.105. The highest BCUT2D eigenvalue weighted by molar-refractivity contribution is 5.66. The lowest BCUT2D eigenvalue weighted by atomic mass is 10.1. The van der Waals surface area contributed by atoms with E-state index in [2.05, 4.69) is 31.2 Å². The van der Waals surface area contributed by atoms with Crippen LogP contribution >= 0.6 is 0 Å². The van der Waals surface area contributed by atoms with Gasteiger partial charge in [0.25, 0.3) is 0 Å². The Morgan fingerprint density at radius 3 is 1.16 bits per heavy atom. The summed E-state index contributed by atoms with van der Waals surface area (Å²) in [5.41, 5.74) is 0. The second kappa shape index (κ2) is 28.0. The topological polar surface area (TPSA) is 37.3 Å². The molecule has 0 saturated heterocycles. The largest absolute Gasteiger partial charge is 0.481 e. The van der Waals surface area contributed by atoms with Crippen molar-refractivity contribution >= 4 is 5.97 Å². The number of allylic oxidation sites excluding steroid dienone is 4. The molecule has 0 aromatic rings. The van der Waals surface area contributed by atoms with E-state index >= 15 is 0 Å². The summed E-state index contributed by atoms with van der Waals surface area (Å²) in [4.78, 5) is 10.4. The molecule has 0 rings (SSSR count). The average Bonchev–Trinajstić information content (AvgIpc) is 2.78. The number of carbonyl (C=O) groups is 1. The molecule has 0 aliphatic carbocycles. The smallest absolute Gasteiger partial charge is 0.303 e. The first kappa shape index (κ1) is 30.9. The number of aliphatic carboxylic acids is 1. The molecule has 2 heteroatoms. The fraction of sp³-hybridized carbons (Fsp3) is 0.833. The van der Waals surface area contributed by atoms with Gasteiger partial charge in [-0.1, -0.05) is 134 Å². The van der Waals surface area contributed by atoms with Gasteiger partial charge in [0.2, 0.25) is 0 Å². The number of carboxylic acid groups (broad SMARTS) is 1. The Kier molecular flexibility index (Phi) is 27.1. The summed E-state index contributed by atoms with van der Waals surface area (Å²) in [6.07, 6.45) is 40.0. The Morgan fingerprint density at radius 1 is 0.469 bits per heavy atom. The molecule has 188 valence electrons. The molecule has 1 N–H and O–H groups in total. The zero-order chi connectivity index (χ0) is 23.4. The van der Waals surface area contributed by atoms with Crippen LogP contribution in [0, 0.1) is 0 Å². The molecule has 0 atom stereocenters. The summed E-state index contributed by atoms with van der Waals surface area (Å²) in [6, 6.07) is 0. The van der Waals surface area contributed by atoms with Crippen LogP contribution in [0.4, 0.5) is 0 Å². The molecule has 0 unspecified atom stereocenters. The van der Waals surface area contributed by atoms with Crippen LogP contribution in [0.1, 0.15) is 161 Å². The minimum atomic E-state index is -0.657. The molecule has 0 spiro atoms. The van der Waals surface area contributed by atoms with Gasteiger partial charge in [0.15, 0.2) is 0 Å². The van der Waals surface area contributed by atoms with Crippen molar-refractivity contribution in [3.8, 4) is 0 Å². The Labute approximate surface area is 201 Å². The predicted molar refractivity (Wildman–Crippen MR) is 142 cm³/mol. The van der Waals surface area contributed by atoms with Crippen molar-refractivity contribution in [3.05, 3.63) is 24.3 Å². The van der Waals surface area contributed by atoms with Crippen molar-refractivity contribution in [2.45, 2.75) is 161 Å². The molecule has 0 aliphatic rings. The van der Waals surface area contributed by atoms with Crippen molar-refractivity contribution in [3.63, 3.8) is 0 Å². The van der Waals surface area contributed by atoms with Gasteiger partial charge in [-0.2, -0.15) is 0 Å². The normalized spacial score (nSPS) is 11.8. The van der Waals surface area contributed by atoms with E-state index in [0.29, 0.717) is 6.42 Å². The number of rotatable bonds is 26. The molecule has 0 saturated carbocycles. The number of unbranched alkanes of at least 4 members (excludes halogenated alkanes) is 20. The minimum absolute atomic E-state index is 0.337. The van der Waals surface area contributed by atoms with Gasteiger partial charge in [-0.25, -0.2) is 0 Å². The molecule has 0 heterocycles. The second-order valence-electron chi connectivity index (χ2n) is 9.61. The summed E-state index contributed by atoms with van der Waals surface area (Å²) >= 11 is 0. The number of hydrogen-bond acceptors (Lipinski definition) is 1. The monoisotopic (exact) mass is 448 g/mol. The highest BCUT2D eigenvalue weighted by Crippen LogP contribution is 2.13. The summed E-state index contributed by atoms with van der Waals surface area (Å²) < 4.78 is 0. The van der Waals surface area contributed by atoms with E-state index in [0.717, 1.165) is 12.8 Å². The lowest BCUT2D eigenvalue weighted by Crippen LogP contribution is -1.93. The van der Waals surface area contributed by atoms with E-state index in [1.165, 1.54) is 135 Å². The molecule has 2 nitrogen and oxygen atoms in total. The lowest BCUT2D eigenvalue weighted by Gasteiger charge is -2.01. The van der Waals surface area contributed by atoms with Gasteiger partial charge in [0, 0.05) is 6.42 Å². The third-order valence-electron chi connectivity index (χ3n) is 6.32. The summed E-state index contributed by atoms with van der Waals surface area (Å²) in [7, 11) is 0. The van der Waals surface area contributed by atoms with Crippen LogP contribution < -0.4 is 0 Å². The van der Waals surface area contributed by atoms with Crippen LogP contribution in [0.2, 0.25) is 0 Å². The van der Waals surface area contributed by atoms with E-state index in [1.54, 1.807) is 0 Å². The van der Waals surface area contributed by atoms with Crippen LogP contribution in [0.3, 0.4) is 0 Å². The van der Waals surface area contributed by atoms with Gasteiger partial charge >= 0.3 is 5.97 Å². The molecule has 32 heavy (non-hydrogen) atoms. The SMILES string of the molecule is CCCCCCCCCCCC/C=C\CC/C=C\CCCCCCCCCCCC(=O)O. The molecule has 0 amide bonds. The Morgan fingerprint density at radius 2 is 0.781 bits per heavy atom. The first-order valence-electron chi connectivity index (χ1n) is 14.3. The Balaban J connectivity index is 3.16. The van der Waals surface area contributed by atoms with Gasteiger partial charge in [0.05, 0.1) is 0 Å². The van der Waals surface area contributed by atoms with Crippen molar-refractivity contribution < 1.29 is 9.90 Å². The van der Waals surface area contributed by atoms with E-state index in [9.17, 15) is 4.79 Å². The van der Waals surface area contributed by atoms with E-state index in [4.69, 9.17) is 5.11 Å². The average molecular weight is 449 g/mol. The third kappa shape index (κ3) is 28.9. The summed E-state index contributed by atoms with van der Waals surface area (Å²) in [6.45, 7) is 2.29. The van der Waals surface area contributed by atoms with E-state index in [1.807, 2.05) is 0 Å². The molecule has 0 aromatic heterocycles. The van der Waals surface area contributed by atoms with Crippen LogP contribution in [-0.2, 0) is 4.79 Å². The van der Waals surface area contributed by atoms with Crippen molar-refractivity contribution in [1.82, 2.24) is 0 Å². The molecule has 0 fully saturated rings. The Bertz CT molecular complexity index is 425. The van der Waals surface area contributed by atoms with Gasteiger partial charge in [0.1, 0.15) is 0 Å². The maximum atomic E-state index is 10.4. The number of carboxylic acids is 1. The van der Waals surface area contributed by atoms with Crippen LogP contribution in [0.15, 0.2) is 24.3 Å². The first-order chi connectivity index (χ1) is 15.8. The van der Waals surface area contributed by atoms with Crippen molar-refractivity contribution in [2.24, 2.45) is 0 Å². The highest BCUT2D eigenvalue weighted by Gasteiger charge is 1.96. The van der Waals surface area contributed by atoms with Crippen molar-refractivity contribution in [1.29, 1.82) is 0 Å². The first-order valence-corrected chi connectivity index (χ1v) is 14.3. The summed E-state index contributed by atoms with van der Waals surface area (Å²) in [5.74, 6) is -0.657. The van der Waals surface area contributed by atoms with Crippen LogP contribution in [0.25, 0.3) is 0 Å². The van der Waals surface area contributed by atoms with Crippen molar-refractivity contribution in [2.75, 3.05) is 0 Å².